The van der Waals surface area contributed by atoms with Gasteiger partial charge in [-0.3, -0.25) is 4.79 Å². The van der Waals surface area contributed by atoms with Crippen molar-refractivity contribution in [2.75, 3.05) is 31.6 Å². The second-order valence-electron chi connectivity index (χ2n) is 7.30. The number of esters is 1. The number of amides is 1. The minimum Gasteiger partial charge on any atom is -0.475 e. The van der Waals surface area contributed by atoms with Gasteiger partial charge in [0, 0.05) is 6.54 Å². The highest BCUT2D eigenvalue weighted by atomic mass is 32.2. The summed E-state index contributed by atoms with van der Waals surface area (Å²) in [4.78, 5) is 26.8. The average molecular weight is 447 g/mol. The summed E-state index contributed by atoms with van der Waals surface area (Å²) in [7, 11) is -2.64. The molecule has 1 atom stereocenters. The molecule has 3 rings (SSSR count). The zero-order chi connectivity index (χ0) is 22.8. The Morgan fingerprint density at radius 1 is 1.19 bits per heavy atom. The molecule has 0 aliphatic carbocycles. The fourth-order valence-electron chi connectivity index (χ4n) is 3.45. The molecule has 8 nitrogen and oxygen atoms in total. The first kappa shape index (κ1) is 22.8. The highest BCUT2D eigenvalue weighted by Crippen LogP contribution is 2.33. The largest absolute Gasteiger partial charge is 0.475 e. The van der Waals surface area contributed by atoms with Crippen molar-refractivity contribution in [3.8, 4) is 5.75 Å². The molecule has 1 aliphatic rings. The number of hydrogen-bond donors (Lipinski definition) is 0. The zero-order valence-electron chi connectivity index (χ0n) is 18.0. The van der Waals surface area contributed by atoms with E-state index >= 15 is 0 Å². The van der Waals surface area contributed by atoms with Crippen LogP contribution in [0, 0.1) is 13.8 Å². The van der Waals surface area contributed by atoms with Crippen LogP contribution in [-0.2, 0) is 24.3 Å². The van der Waals surface area contributed by atoms with E-state index in [-0.39, 0.29) is 24.5 Å². The van der Waals surface area contributed by atoms with Crippen molar-refractivity contribution in [3.63, 3.8) is 0 Å². The SMILES string of the molecule is CCN(CC(=O)N1CC(C(=O)OC)Oc2ccccc21)S(=O)(=O)c1cc(C)ccc1C. The van der Waals surface area contributed by atoms with E-state index in [0.29, 0.717) is 17.0 Å². The second-order valence-corrected chi connectivity index (χ2v) is 9.21. The predicted molar refractivity (Wildman–Crippen MR) is 116 cm³/mol. The maximum Gasteiger partial charge on any atom is 0.348 e. The Bertz CT molecular complexity index is 1100. The predicted octanol–water partition coefficient (Wildman–Crippen LogP) is 2.28. The first-order valence-corrected chi connectivity index (χ1v) is 11.3. The Kier molecular flexibility index (Phi) is 6.66. The van der Waals surface area contributed by atoms with E-state index in [4.69, 9.17) is 9.47 Å². The summed E-state index contributed by atoms with van der Waals surface area (Å²) in [5, 5.41) is 0. The van der Waals surface area contributed by atoms with Gasteiger partial charge in [0.2, 0.25) is 22.0 Å². The molecule has 9 heteroatoms. The summed E-state index contributed by atoms with van der Waals surface area (Å²) >= 11 is 0. The van der Waals surface area contributed by atoms with Gasteiger partial charge in [-0.1, -0.05) is 31.2 Å². The maximum absolute atomic E-state index is 13.3. The molecular formula is C22H26N2O6S. The highest BCUT2D eigenvalue weighted by Gasteiger charge is 2.36. The average Bonchev–Trinajstić information content (AvgIpc) is 2.77. The smallest absolute Gasteiger partial charge is 0.348 e. The van der Waals surface area contributed by atoms with E-state index in [9.17, 15) is 18.0 Å². The van der Waals surface area contributed by atoms with Crippen molar-refractivity contribution >= 4 is 27.6 Å². The Morgan fingerprint density at radius 2 is 1.90 bits per heavy atom. The molecule has 2 aromatic carbocycles. The summed E-state index contributed by atoms with van der Waals surface area (Å²) in [6.07, 6.45) is -0.991. The molecule has 2 aromatic rings. The number of carbonyl (C=O) groups excluding carboxylic acids is 2. The lowest BCUT2D eigenvalue weighted by Crippen LogP contribution is -2.51. The number of benzene rings is 2. The van der Waals surface area contributed by atoms with Gasteiger partial charge in [-0.2, -0.15) is 4.31 Å². The molecule has 1 heterocycles. The van der Waals surface area contributed by atoms with Crippen molar-refractivity contribution in [3.05, 3.63) is 53.6 Å². The lowest BCUT2D eigenvalue weighted by atomic mass is 10.2. The summed E-state index contributed by atoms with van der Waals surface area (Å²) in [6, 6.07) is 12.0. The van der Waals surface area contributed by atoms with Crippen LogP contribution in [0.3, 0.4) is 0 Å². The normalized spacial score (nSPS) is 15.9. The number of ether oxygens (including phenoxy) is 2. The van der Waals surface area contributed by atoms with Crippen LogP contribution >= 0.6 is 0 Å². The molecule has 1 unspecified atom stereocenters. The summed E-state index contributed by atoms with van der Waals surface area (Å²) in [5.74, 6) is -0.707. The molecule has 166 valence electrons. The van der Waals surface area contributed by atoms with Gasteiger partial charge >= 0.3 is 5.97 Å². The fraction of sp³-hybridized carbons (Fsp3) is 0.364. The number of likely N-dealkylation sites (N-methyl/N-ethyl adjacent to an activating group) is 1. The van der Waals surface area contributed by atoms with Crippen LogP contribution in [0.5, 0.6) is 5.75 Å². The zero-order valence-corrected chi connectivity index (χ0v) is 18.8. The highest BCUT2D eigenvalue weighted by molar-refractivity contribution is 7.89. The monoisotopic (exact) mass is 446 g/mol. The number of fused-ring (bicyclic) bond motifs is 1. The first-order valence-electron chi connectivity index (χ1n) is 9.90. The fourth-order valence-corrected chi connectivity index (χ4v) is 5.16. The van der Waals surface area contributed by atoms with Crippen LogP contribution in [0.4, 0.5) is 5.69 Å². The van der Waals surface area contributed by atoms with E-state index in [2.05, 4.69) is 0 Å². The Hall–Kier alpha value is -2.91. The van der Waals surface area contributed by atoms with Crippen LogP contribution in [0.25, 0.3) is 0 Å². The third kappa shape index (κ3) is 4.57. The van der Waals surface area contributed by atoms with Gasteiger partial charge in [-0.25, -0.2) is 13.2 Å². The minimum absolute atomic E-state index is 0.0659. The van der Waals surface area contributed by atoms with Crippen molar-refractivity contribution in [1.82, 2.24) is 4.31 Å². The minimum atomic E-state index is -3.89. The number of nitrogens with zero attached hydrogens (tertiary/aromatic N) is 2. The lowest BCUT2D eigenvalue weighted by molar-refractivity contribution is -0.148. The van der Waals surface area contributed by atoms with E-state index < -0.39 is 28.0 Å². The van der Waals surface area contributed by atoms with Gasteiger partial charge in [-0.05, 0) is 43.2 Å². The molecule has 1 amide bonds. The van der Waals surface area contributed by atoms with Crippen molar-refractivity contribution < 1.29 is 27.5 Å². The second kappa shape index (κ2) is 9.07. The Morgan fingerprint density at radius 3 is 2.58 bits per heavy atom. The van der Waals surface area contributed by atoms with Crippen LogP contribution in [0.1, 0.15) is 18.1 Å². The lowest BCUT2D eigenvalue weighted by Gasteiger charge is -2.34. The summed E-state index contributed by atoms with van der Waals surface area (Å²) < 4.78 is 38.1. The van der Waals surface area contributed by atoms with Gasteiger partial charge in [0.05, 0.1) is 30.8 Å². The topological polar surface area (TPSA) is 93.2 Å². The number of hydrogen-bond acceptors (Lipinski definition) is 6. The third-order valence-electron chi connectivity index (χ3n) is 5.16. The molecule has 0 saturated heterocycles. The van der Waals surface area contributed by atoms with Gasteiger partial charge in [-0.15, -0.1) is 0 Å². The molecular weight excluding hydrogens is 420 g/mol. The number of sulfonamides is 1. The van der Waals surface area contributed by atoms with E-state index in [0.717, 1.165) is 9.87 Å². The molecule has 0 radical (unpaired) electrons. The van der Waals surface area contributed by atoms with E-state index in [1.165, 1.54) is 12.0 Å². The summed E-state index contributed by atoms with van der Waals surface area (Å²) in [6.45, 7) is 4.91. The van der Waals surface area contributed by atoms with Crippen LogP contribution in [0.15, 0.2) is 47.4 Å². The number of anilines is 1. The molecule has 0 N–H and O–H groups in total. The number of para-hydroxylation sites is 2. The molecule has 31 heavy (non-hydrogen) atoms. The molecule has 0 bridgehead atoms. The number of carbonyl (C=O) groups is 2. The Labute approximate surface area is 182 Å². The molecule has 0 spiro atoms. The van der Waals surface area contributed by atoms with E-state index in [1.54, 1.807) is 50.2 Å². The van der Waals surface area contributed by atoms with Gasteiger partial charge in [0.25, 0.3) is 0 Å². The first-order chi connectivity index (χ1) is 14.7. The third-order valence-corrected chi connectivity index (χ3v) is 7.23. The van der Waals surface area contributed by atoms with Crippen molar-refractivity contribution in [1.29, 1.82) is 0 Å². The van der Waals surface area contributed by atoms with Crippen LogP contribution < -0.4 is 9.64 Å². The number of methoxy groups -OCH3 is 1. The molecule has 0 saturated carbocycles. The van der Waals surface area contributed by atoms with Gasteiger partial charge in [0.1, 0.15) is 5.75 Å². The summed E-state index contributed by atoms with van der Waals surface area (Å²) in [5.41, 5.74) is 1.90. The number of aryl methyl sites for hydroxylation is 2. The quantitative estimate of drug-likeness (QED) is 0.632. The van der Waals surface area contributed by atoms with Crippen LogP contribution in [0.2, 0.25) is 0 Å². The number of rotatable bonds is 6. The molecule has 0 fully saturated rings. The molecule has 0 aromatic heterocycles. The van der Waals surface area contributed by atoms with Crippen molar-refractivity contribution in [2.24, 2.45) is 0 Å². The Balaban J connectivity index is 1.91. The van der Waals surface area contributed by atoms with Gasteiger partial charge in [0.15, 0.2) is 0 Å². The van der Waals surface area contributed by atoms with Gasteiger partial charge < -0.3 is 14.4 Å². The van der Waals surface area contributed by atoms with Crippen LogP contribution in [-0.4, -0.2) is 57.4 Å². The maximum atomic E-state index is 13.3. The standard InChI is InChI=1S/C22H26N2O6S/c1-5-23(31(27,28)20-12-15(2)10-11-16(20)3)14-21(25)24-13-19(22(26)29-4)30-18-9-7-6-8-17(18)24/h6-12,19H,5,13-14H2,1-4H3. The van der Waals surface area contributed by atoms with E-state index in [1.807, 2.05) is 13.0 Å². The van der Waals surface area contributed by atoms with Crippen molar-refractivity contribution in [2.45, 2.75) is 31.8 Å². The molecule has 1 aliphatic heterocycles.